The van der Waals surface area contributed by atoms with E-state index in [9.17, 15) is 9.90 Å². The predicted molar refractivity (Wildman–Crippen MR) is 88.2 cm³/mol. The van der Waals surface area contributed by atoms with Crippen molar-refractivity contribution in [3.8, 4) is 0 Å². The Morgan fingerprint density at radius 2 is 2.17 bits per heavy atom. The number of aliphatic hydroxyl groups excluding tert-OH is 1. The molecule has 0 aliphatic carbocycles. The smallest absolute Gasteiger partial charge is 0.220 e. The molecule has 4 atom stereocenters. The van der Waals surface area contributed by atoms with Crippen LogP contribution in [0.3, 0.4) is 0 Å². The van der Waals surface area contributed by atoms with E-state index >= 15 is 0 Å². The van der Waals surface area contributed by atoms with Crippen LogP contribution in [0.2, 0.25) is 0 Å². The van der Waals surface area contributed by atoms with Crippen LogP contribution in [0.25, 0.3) is 0 Å². The van der Waals surface area contributed by atoms with E-state index in [1.54, 1.807) is 7.11 Å². The summed E-state index contributed by atoms with van der Waals surface area (Å²) < 4.78 is 11.0. The van der Waals surface area contributed by atoms with Crippen LogP contribution < -0.4 is 5.32 Å². The first-order chi connectivity index (χ1) is 10.8. The molecule has 0 unspecified atom stereocenters. The summed E-state index contributed by atoms with van der Waals surface area (Å²) in [6, 6.07) is 0.101. The van der Waals surface area contributed by atoms with Gasteiger partial charge in [-0.25, -0.2) is 0 Å². The van der Waals surface area contributed by atoms with E-state index in [0.717, 1.165) is 19.4 Å². The number of likely N-dealkylation sites (tertiary alicyclic amines) is 1. The number of hydrogen-bond donors (Lipinski definition) is 2. The monoisotopic (exact) mass is 328 g/mol. The van der Waals surface area contributed by atoms with Crippen molar-refractivity contribution in [1.29, 1.82) is 0 Å². The van der Waals surface area contributed by atoms with E-state index in [1.165, 1.54) is 0 Å². The number of nitrogens with zero attached hydrogens (tertiary/aromatic N) is 1. The number of methoxy groups -OCH3 is 1. The highest BCUT2D eigenvalue weighted by molar-refractivity contribution is 5.77. The van der Waals surface area contributed by atoms with Crippen LogP contribution >= 0.6 is 0 Å². The Labute approximate surface area is 139 Å². The van der Waals surface area contributed by atoms with Crippen LogP contribution in [0.4, 0.5) is 0 Å². The van der Waals surface area contributed by atoms with Crippen molar-refractivity contribution in [2.24, 2.45) is 5.41 Å². The zero-order valence-electron chi connectivity index (χ0n) is 14.9. The highest BCUT2D eigenvalue weighted by atomic mass is 16.5. The molecule has 2 aliphatic heterocycles. The Balaban J connectivity index is 1.82. The summed E-state index contributed by atoms with van der Waals surface area (Å²) in [6.07, 6.45) is 1.84. The molecule has 6 heteroatoms. The van der Waals surface area contributed by atoms with E-state index in [0.29, 0.717) is 32.2 Å². The largest absolute Gasteiger partial charge is 0.388 e. The average Bonchev–Trinajstić information content (AvgIpc) is 2.99. The molecule has 2 N–H and O–H groups in total. The van der Waals surface area contributed by atoms with Crippen molar-refractivity contribution in [2.45, 2.75) is 64.3 Å². The molecule has 6 nitrogen and oxygen atoms in total. The van der Waals surface area contributed by atoms with E-state index in [2.05, 4.69) is 10.2 Å². The number of hydrogen-bond acceptors (Lipinski definition) is 5. The SMILES string of the molecule is COC[C@H]1CCCN1C[C@@H]1OC[C@H](NC(=O)CC(C)(C)C)[C@H]1O. The summed E-state index contributed by atoms with van der Waals surface area (Å²) in [5.41, 5.74) is -0.0587. The maximum Gasteiger partial charge on any atom is 0.220 e. The first kappa shape index (κ1) is 18.6. The van der Waals surface area contributed by atoms with Gasteiger partial charge in [0.15, 0.2) is 0 Å². The van der Waals surface area contributed by atoms with Crippen molar-refractivity contribution in [3.63, 3.8) is 0 Å². The number of amides is 1. The van der Waals surface area contributed by atoms with E-state index in [1.807, 2.05) is 20.8 Å². The number of carbonyl (C=O) groups excluding carboxylic acids is 1. The van der Waals surface area contributed by atoms with E-state index < -0.39 is 6.10 Å². The number of ether oxygens (including phenoxy) is 2. The van der Waals surface area contributed by atoms with Crippen molar-refractivity contribution < 1.29 is 19.4 Å². The third kappa shape index (κ3) is 5.41. The third-order valence-corrected chi connectivity index (χ3v) is 4.59. The quantitative estimate of drug-likeness (QED) is 0.754. The maximum absolute atomic E-state index is 12.0. The van der Waals surface area contributed by atoms with Crippen LogP contribution in [-0.4, -0.2) is 73.6 Å². The number of aliphatic hydroxyl groups is 1. The lowest BCUT2D eigenvalue weighted by Gasteiger charge is -2.28. The van der Waals surface area contributed by atoms with Crippen LogP contribution in [0.1, 0.15) is 40.0 Å². The molecule has 1 amide bonds. The highest BCUT2D eigenvalue weighted by Crippen LogP contribution is 2.23. The molecule has 0 aromatic heterocycles. The van der Waals surface area contributed by atoms with Crippen molar-refractivity contribution in [1.82, 2.24) is 10.2 Å². The predicted octanol–water partition coefficient (Wildman–Crippen LogP) is 0.778. The first-order valence-corrected chi connectivity index (χ1v) is 8.62. The number of nitrogens with one attached hydrogen (secondary N) is 1. The zero-order chi connectivity index (χ0) is 17.0. The van der Waals surface area contributed by atoms with Crippen LogP contribution in [0.15, 0.2) is 0 Å². The Morgan fingerprint density at radius 3 is 2.83 bits per heavy atom. The minimum absolute atomic E-state index is 0.0239. The van der Waals surface area contributed by atoms with Crippen LogP contribution in [0, 0.1) is 5.41 Å². The molecule has 2 rings (SSSR count). The minimum Gasteiger partial charge on any atom is -0.388 e. The average molecular weight is 328 g/mol. The Hall–Kier alpha value is -0.690. The van der Waals surface area contributed by atoms with Gasteiger partial charge in [-0.15, -0.1) is 0 Å². The molecule has 2 fully saturated rings. The second-order valence-electron chi connectivity index (χ2n) is 8.02. The van der Waals surface area contributed by atoms with Gasteiger partial charge in [0.2, 0.25) is 5.91 Å². The van der Waals surface area contributed by atoms with Gasteiger partial charge in [-0.2, -0.15) is 0 Å². The second-order valence-corrected chi connectivity index (χ2v) is 8.02. The maximum atomic E-state index is 12.0. The van der Waals surface area contributed by atoms with Gasteiger partial charge < -0.3 is 19.9 Å². The molecule has 23 heavy (non-hydrogen) atoms. The van der Waals surface area contributed by atoms with Crippen molar-refractivity contribution in [2.75, 3.05) is 33.4 Å². The van der Waals surface area contributed by atoms with Crippen molar-refractivity contribution in [3.05, 3.63) is 0 Å². The van der Waals surface area contributed by atoms with Crippen LogP contribution in [-0.2, 0) is 14.3 Å². The summed E-state index contributed by atoms with van der Waals surface area (Å²) in [7, 11) is 1.72. The first-order valence-electron chi connectivity index (χ1n) is 8.62. The molecule has 0 spiro atoms. The van der Waals surface area contributed by atoms with Gasteiger partial charge in [0, 0.05) is 26.1 Å². The van der Waals surface area contributed by atoms with Gasteiger partial charge >= 0.3 is 0 Å². The molecule has 0 radical (unpaired) electrons. The number of rotatable bonds is 6. The Morgan fingerprint density at radius 1 is 1.43 bits per heavy atom. The van der Waals surface area contributed by atoms with Gasteiger partial charge in [-0.05, 0) is 24.8 Å². The third-order valence-electron chi connectivity index (χ3n) is 4.59. The molecule has 134 valence electrons. The Bertz CT molecular complexity index is 397. The van der Waals surface area contributed by atoms with Gasteiger partial charge in [-0.3, -0.25) is 9.69 Å². The summed E-state index contributed by atoms with van der Waals surface area (Å²) in [5.74, 6) is -0.0239. The molecule has 0 aromatic rings. The normalized spacial score (nSPS) is 32.4. The van der Waals surface area contributed by atoms with E-state index in [-0.39, 0.29) is 23.5 Å². The highest BCUT2D eigenvalue weighted by Gasteiger charge is 2.39. The van der Waals surface area contributed by atoms with Gasteiger partial charge in [0.05, 0.1) is 25.4 Å². The van der Waals surface area contributed by atoms with Gasteiger partial charge in [-0.1, -0.05) is 20.8 Å². The van der Waals surface area contributed by atoms with Gasteiger partial charge in [0.1, 0.15) is 6.10 Å². The zero-order valence-corrected chi connectivity index (χ0v) is 14.9. The molecule has 0 saturated carbocycles. The lowest BCUT2D eigenvalue weighted by Crippen LogP contribution is -2.48. The van der Waals surface area contributed by atoms with Crippen LogP contribution in [0.5, 0.6) is 0 Å². The molecular formula is C17H32N2O4. The summed E-state index contributed by atoms with van der Waals surface area (Å²) in [5, 5.41) is 13.4. The second kappa shape index (κ2) is 7.92. The van der Waals surface area contributed by atoms with Crippen molar-refractivity contribution >= 4 is 5.91 Å². The lowest BCUT2D eigenvalue weighted by molar-refractivity contribution is -0.124. The lowest BCUT2D eigenvalue weighted by atomic mass is 9.91. The molecule has 0 bridgehead atoms. The summed E-state index contributed by atoms with van der Waals surface area (Å²) in [4.78, 5) is 14.4. The fraction of sp³-hybridized carbons (Fsp3) is 0.941. The molecular weight excluding hydrogens is 296 g/mol. The fourth-order valence-electron chi connectivity index (χ4n) is 3.46. The standard InChI is InChI=1S/C17H32N2O4/c1-17(2,3)8-15(20)18-13-11-23-14(16(13)21)9-19-7-5-6-12(19)10-22-4/h12-14,16,21H,5-11H2,1-4H3,(H,18,20)/t12-,13+,14+,16-/m1/s1. The molecule has 2 aliphatic rings. The van der Waals surface area contributed by atoms with Gasteiger partial charge in [0.25, 0.3) is 0 Å². The summed E-state index contributed by atoms with van der Waals surface area (Å²) >= 11 is 0. The topological polar surface area (TPSA) is 71.0 Å². The summed E-state index contributed by atoms with van der Waals surface area (Å²) in [6.45, 7) is 8.89. The number of carbonyl (C=O) groups is 1. The molecule has 2 saturated heterocycles. The van der Waals surface area contributed by atoms with E-state index in [4.69, 9.17) is 9.47 Å². The minimum atomic E-state index is -0.650. The fourth-order valence-corrected chi connectivity index (χ4v) is 3.46. The molecule has 2 heterocycles. The molecule has 0 aromatic carbocycles. The Kier molecular flexibility index (Phi) is 6.42.